The summed E-state index contributed by atoms with van der Waals surface area (Å²) in [6, 6.07) is 12.7. The Morgan fingerprint density at radius 2 is 1.76 bits per heavy atom. The van der Waals surface area contributed by atoms with E-state index in [9.17, 15) is 8.78 Å². The third-order valence-corrected chi connectivity index (χ3v) is 4.12. The minimum absolute atomic E-state index is 0.161. The van der Waals surface area contributed by atoms with Crippen molar-refractivity contribution in [3.63, 3.8) is 0 Å². The van der Waals surface area contributed by atoms with Gasteiger partial charge in [0.15, 0.2) is 17.5 Å². The number of pyridine rings is 1. The van der Waals surface area contributed by atoms with Crippen LogP contribution in [0.25, 0.3) is 33.4 Å². The molecule has 0 N–H and O–H groups in total. The van der Waals surface area contributed by atoms with Gasteiger partial charge in [-0.15, -0.1) is 0 Å². The van der Waals surface area contributed by atoms with Crippen molar-refractivity contribution in [1.29, 1.82) is 0 Å². The van der Waals surface area contributed by atoms with Crippen LogP contribution in [0.5, 0.6) is 0 Å². The van der Waals surface area contributed by atoms with Gasteiger partial charge in [0, 0.05) is 28.9 Å². The predicted octanol–water partition coefficient (Wildman–Crippen LogP) is 5.29. The van der Waals surface area contributed by atoms with Crippen molar-refractivity contribution in [3.8, 4) is 22.5 Å². The fourth-order valence-corrected chi connectivity index (χ4v) is 2.84. The number of fused-ring (bicyclic) bond motifs is 1. The molecule has 0 amide bonds. The van der Waals surface area contributed by atoms with Gasteiger partial charge < -0.3 is 0 Å². The lowest BCUT2D eigenvalue weighted by Crippen LogP contribution is -1.94. The summed E-state index contributed by atoms with van der Waals surface area (Å²) in [6.45, 7) is 0. The maximum absolute atomic E-state index is 14.0. The van der Waals surface area contributed by atoms with Gasteiger partial charge in [-0.1, -0.05) is 29.8 Å². The maximum Gasteiger partial charge on any atom is 0.166 e. The van der Waals surface area contributed by atoms with Gasteiger partial charge in [0.05, 0.1) is 5.52 Å². The zero-order valence-electron chi connectivity index (χ0n) is 12.7. The molecular weight excluding hydrogens is 344 g/mol. The van der Waals surface area contributed by atoms with E-state index in [1.165, 1.54) is 12.1 Å². The lowest BCUT2D eigenvalue weighted by Gasteiger charge is -2.08. The van der Waals surface area contributed by atoms with E-state index in [1.54, 1.807) is 36.7 Å². The lowest BCUT2D eigenvalue weighted by molar-refractivity contribution is 0.511. The summed E-state index contributed by atoms with van der Waals surface area (Å²) < 4.78 is 27.5. The summed E-state index contributed by atoms with van der Waals surface area (Å²) in [5.74, 6) is -1.34. The van der Waals surface area contributed by atoms with Crippen molar-refractivity contribution >= 4 is 22.5 Å². The number of benzene rings is 2. The van der Waals surface area contributed by atoms with E-state index in [0.29, 0.717) is 22.3 Å². The molecule has 0 saturated carbocycles. The van der Waals surface area contributed by atoms with Crippen molar-refractivity contribution in [1.82, 2.24) is 15.0 Å². The van der Waals surface area contributed by atoms with E-state index in [1.807, 2.05) is 6.07 Å². The SMILES string of the molecule is Fc1cccc(-c2ccc3nc(-c4cccnc4)nc(Cl)c3c2)c1F. The second-order valence-electron chi connectivity index (χ2n) is 5.41. The van der Waals surface area contributed by atoms with Crippen LogP contribution < -0.4 is 0 Å². The highest BCUT2D eigenvalue weighted by molar-refractivity contribution is 6.34. The summed E-state index contributed by atoms with van der Waals surface area (Å²) >= 11 is 6.30. The molecule has 2 aromatic carbocycles. The fourth-order valence-electron chi connectivity index (χ4n) is 2.61. The van der Waals surface area contributed by atoms with Crippen LogP contribution in [-0.4, -0.2) is 15.0 Å². The number of aromatic nitrogens is 3. The minimum Gasteiger partial charge on any atom is -0.264 e. The molecule has 4 rings (SSSR count). The molecule has 4 aromatic rings. The lowest BCUT2D eigenvalue weighted by atomic mass is 10.0. The van der Waals surface area contributed by atoms with E-state index < -0.39 is 11.6 Å². The van der Waals surface area contributed by atoms with Crippen LogP contribution in [0.15, 0.2) is 60.9 Å². The monoisotopic (exact) mass is 353 g/mol. The Morgan fingerprint density at radius 1 is 0.880 bits per heavy atom. The topological polar surface area (TPSA) is 38.7 Å². The third-order valence-electron chi connectivity index (χ3n) is 3.83. The molecule has 0 aliphatic carbocycles. The fraction of sp³-hybridized carbons (Fsp3) is 0. The standard InChI is InChI=1S/C19H10ClF2N3/c20-18-14-9-11(13-4-1-5-15(21)17(13)22)6-7-16(14)24-19(25-18)12-3-2-8-23-10-12/h1-10H. The molecule has 122 valence electrons. The highest BCUT2D eigenvalue weighted by atomic mass is 35.5. The summed E-state index contributed by atoms with van der Waals surface area (Å²) in [7, 11) is 0. The van der Waals surface area contributed by atoms with Crippen LogP contribution in [0, 0.1) is 11.6 Å². The molecular formula is C19H10ClF2N3. The normalized spacial score (nSPS) is 11.0. The molecule has 0 atom stereocenters. The highest BCUT2D eigenvalue weighted by Crippen LogP contribution is 2.31. The summed E-state index contributed by atoms with van der Waals surface area (Å²) in [5.41, 5.74) is 2.02. The minimum atomic E-state index is -0.897. The predicted molar refractivity (Wildman–Crippen MR) is 93.1 cm³/mol. The molecule has 0 unspecified atom stereocenters. The number of nitrogens with zero attached hydrogens (tertiary/aromatic N) is 3. The molecule has 0 bridgehead atoms. The third kappa shape index (κ3) is 2.83. The van der Waals surface area contributed by atoms with Crippen LogP contribution in [0.3, 0.4) is 0 Å². The molecule has 25 heavy (non-hydrogen) atoms. The Morgan fingerprint density at radius 3 is 2.56 bits per heavy atom. The number of hydrogen-bond acceptors (Lipinski definition) is 3. The zero-order valence-corrected chi connectivity index (χ0v) is 13.5. The molecule has 6 heteroatoms. The van der Waals surface area contributed by atoms with Crippen LogP contribution >= 0.6 is 11.6 Å². The molecule has 0 radical (unpaired) electrons. The Bertz CT molecular complexity index is 1080. The van der Waals surface area contributed by atoms with Crippen molar-refractivity contribution in [2.45, 2.75) is 0 Å². The van der Waals surface area contributed by atoms with Gasteiger partial charge in [-0.2, -0.15) is 0 Å². The van der Waals surface area contributed by atoms with E-state index in [0.717, 1.165) is 11.6 Å². The van der Waals surface area contributed by atoms with Gasteiger partial charge in [-0.3, -0.25) is 4.98 Å². The van der Waals surface area contributed by atoms with Gasteiger partial charge in [0.2, 0.25) is 0 Å². The average molecular weight is 354 g/mol. The number of rotatable bonds is 2. The summed E-state index contributed by atoms with van der Waals surface area (Å²) in [4.78, 5) is 12.8. The Kier molecular flexibility index (Phi) is 3.86. The Labute approximate surface area is 147 Å². The molecule has 0 fully saturated rings. The first-order chi connectivity index (χ1) is 12.1. The Hall–Kier alpha value is -2.92. The van der Waals surface area contributed by atoms with E-state index in [-0.39, 0.29) is 10.7 Å². The van der Waals surface area contributed by atoms with E-state index >= 15 is 0 Å². The zero-order chi connectivity index (χ0) is 17.4. The highest BCUT2D eigenvalue weighted by Gasteiger charge is 2.13. The van der Waals surface area contributed by atoms with Gasteiger partial charge in [0.25, 0.3) is 0 Å². The molecule has 2 aromatic heterocycles. The second-order valence-corrected chi connectivity index (χ2v) is 5.77. The average Bonchev–Trinajstić information content (AvgIpc) is 2.64. The van der Waals surface area contributed by atoms with Crippen LogP contribution in [-0.2, 0) is 0 Å². The van der Waals surface area contributed by atoms with E-state index in [4.69, 9.17) is 11.6 Å². The van der Waals surface area contributed by atoms with Gasteiger partial charge in [-0.05, 0) is 35.9 Å². The largest absolute Gasteiger partial charge is 0.264 e. The first kappa shape index (κ1) is 15.6. The smallest absolute Gasteiger partial charge is 0.166 e. The molecule has 0 spiro atoms. The van der Waals surface area contributed by atoms with Crippen molar-refractivity contribution in [2.75, 3.05) is 0 Å². The summed E-state index contributed by atoms with van der Waals surface area (Å²) in [5, 5.41) is 0.804. The molecule has 0 aliphatic rings. The van der Waals surface area contributed by atoms with Gasteiger partial charge >= 0.3 is 0 Å². The number of halogens is 3. The van der Waals surface area contributed by atoms with Crippen LogP contribution in [0.2, 0.25) is 5.15 Å². The van der Waals surface area contributed by atoms with Crippen molar-refractivity contribution < 1.29 is 8.78 Å². The first-order valence-electron chi connectivity index (χ1n) is 7.45. The van der Waals surface area contributed by atoms with Crippen LogP contribution in [0.1, 0.15) is 0 Å². The van der Waals surface area contributed by atoms with E-state index in [2.05, 4.69) is 15.0 Å². The second kappa shape index (κ2) is 6.18. The maximum atomic E-state index is 14.0. The van der Waals surface area contributed by atoms with Crippen LogP contribution in [0.4, 0.5) is 8.78 Å². The van der Waals surface area contributed by atoms with Gasteiger partial charge in [-0.25, -0.2) is 18.7 Å². The first-order valence-corrected chi connectivity index (χ1v) is 7.83. The van der Waals surface area contributed by atoms with Crippen molar-refractivity contribution in [2.24, 2.45) is 0 Å². The molecule has 2 heterocycles. The molecule has 0 saturated heterocycles. The molecule has 3 nitrogen and oxygen atoms in total. The van der Waals surface area contributed by atoms with Crippen molar-refractivity contribution in [3.05, 3.63) is 77.7 Å². The Balaban J connectivity index is 1.87. The molecule has 0 aliphatic heterocycles. The van der Waals surface area contributed by atoms with Gasteiger partial charge in [0.1, 0.15) is 5.15 Å². The number of hydrogen-bond donors (Lipinski definition) is 0. The summed E-state index contributed by atoms with van der Waals surface area (Å²) in [6.07, 6.45) is 3.31. The quantitative estimate of drug-likeness (QED) is 0.459.